The van der Waals surface area contributed by atoms with E-state index in [1.54, 1.807) is 6.08 Å². The lowest BCUT2D eigenvalue weighted by Crippen LogP contribution is -2.40. The zero-order valence-electron chi connectivity index (χ0n) is 16.5. The minimum Gasteiger partial charge on any atom is -0.444 e. The van der Waals surface area contributed by atoms with Gasteiger partial charge in [0, 0.05) is 18.8 Å². The lowest BCUT2D eigenvalue weighted by molar-refractivity contribution is -0.115. The van der Waals surface area contributed by atoms with Crippen molar-refractivity contribution in [3.05, 3.63) is 34.2 Å². The van der Waals surface area contributed by atoms with E-state index in [0.717, 1.165) is 41.5 Å². The number of nitrogens with zero attached hydrogens (tertiary/aromatic N) is 1. The summed E-state index contributed by atoms with van der Waals surface area (Å²) < 4.78 is 5.34. The van der Waals surface area contributed by atoms with E-state index in [1.807, 2.05) is 45.9 Å². The van der Waals surface area contributed by atoms with Gasteiger partial charge in [-0.2, -0.15) is 0 Å². The van der Waals surface area contributed by atoms with Gasteiger partial charge in [-0.25, -0.2) is 4.79 Å². The first-order valence-electron chi connectivity index (χ1n) is 9.21. The van der Waals surface area contributed by atoms with Gasteiger partial charge in [-0.15, -0.1) is 0 Å². The summed E-state index contributed by atoms with van der Waals surface area (Å²) in [5.74, 6) is -0.367. The Kier molecular flexibility index (Phi) is 5.69. The summed E-state index contributed by atoms with van der Waals surface area (Å²) >= 11 is 0.909. The zero-order chi connectivity index (χ0) is 20.5. The Labute approximate surface area is 168 Å². The Morgan fingerprint density at radius 3 is 2.75 bits per heavy atom. The van der Waals surface area contributed by atoms with Crippen molar-refractivity contribution in [3.8, 4) is 0 Å². The van der Waals surface area contributed by atoms with Crippen molar-refractivity contribution >= 4 is 40.8 Å². The van der Waals surface area contributed by atoms with Crippen LogP contribution in [0.5, 0.6) is 0 Å². The fourth-order valence-electron chi connectivity index (χ4n) is 3.35. The average Bonchev–Trinajstić information content (AvgIpc) is 3.12. The van der Waals surface area contributed by atoms with Gasteiger partial charge in [0.25, 0.3) is 11.1 Å². The van der Waals surface area contributed by atoms with E-state index in [9.17, 15) is 14.4 Å². The molecule has 2 aliphatic rings. The first-order chi connectivity index (χ1) is 13.1. The lowest BCUT2D eigenvalue weighted by Gasteiger charge is -2.24. The number of aryl methyl sites for hydroxylation is 1. The second kappa shape index (κ2) is 7.87. The smallest absolute Gasteiger partial charge is 0.407 e. The first kappa shape index (κ1) is 20.3. The summed E-state index contributed by atoms with van der Waals surface area (Å²) in [6.45, 7) is 8.95. The number of ether oxygens (including phenoxy) is 1. The van der Waals surface area contributed by atoms with E-state index in [1.165, 1.54) is 0 Å². The Morgan fingerprint density at radius 2 is 2.11 bits per heavy atom. The Balaban J connectivity index is 1.76. The van der Waals surface area contributed by atoms with Crippen LogP contribution in [0.1, 0.15) is 38.3 Å². The van der Waals surface area contributed by atoms with E-state index >= 15 is 0 Å². The molecular formula is C20H25N3O4S. The van der Waals surface area contributed by atoms with Crippen molar-refractivity contribution in [2.45, 2.75) is 45.8 Å². The Bertz CT molecular complexity index is 844. The molecule has 3 amide bonds. The molecule has 2 aliphatic heterocycles. The lowest BCUT2D eigenvalue weighted by atomic mass is 10.1. The highest BCUT2D eigenvalue weighted by Crippen LogP contribution is 2.33. The number of nitrogens with one attached hydrogen (secondary N) is 2. The third-order valence-electron chi connectivity index (χ3n) is 4.42. The second-order valence-electron chi connectivity index (χ2n) is 7.94. The molecule has 3 rings (SSSR count). The predicted molar refractivity (Wildman–Crippen MR) is 110 cm³/mol. The molecule has 150 valence electrons. The molecule has 28 heavy (non-hydrogen) atoms. The molecule has 1 atom stereocenters. The number of imide groups is 1. The monoisotopic (exact) mass is 403 g/mol. The zero-order valence-corrected chi connectivity index (χ0v) is 17.3. The molecule has 0 spiro atoms. The van der Waals surface area contributed by atoms with Gasteiger partial charge in [-0.3, -0.25) is 14.9 Å². The van der Waals surface area contributed by atoms with Crippen molar-refractivity contribution in [1.29, 1.82) is 0 Å². The quantitative estimate of drug-likeness (QED) is 0.752. The largest absolute Gasteiger partial charge is 0.444 e. The summed E-state index contributed by atoms with van der Waals surface area (Å²) in [6, 6.07) is 5.86. The maximum atomic E-state index is 12.0. The summed E-state index contributed by atoms with van der Waals surface area (Å²) in [4.78, 5) is 38.0. The number of hydrogen-bond acceptors (Lipinski definition) is 6. The van der Waals surface area contributed by atoms with Gasteiger partial charge >= 0.3 is 6.09 Å². The fraction of sp³-hybridized carbons (Fsp3) is 0.450. The number of alkyl carbamates (subject to hydrolysis) is 1. The molecule has 2 N–H and O–H groups in total. The first-order valence-corrected chi connectivity index (χ1v) is 10.0. The number of benzene rings is 1. The maximum absolute atomic E-state index is 12.0. The number of amides is 3. The maximum Gasteiger partial charge on any atom is 0.407 e. The number of anilines is 1. The minimum atomic E-state index is -0.533. The summed E-state index contributed by atoms with van der Waals surface area (Å²) in [7, 11) is 0. The molecule has 2 fully saturated rings. The topological polar surface area (TPSA) is 87.7 Å². The van der Waals surface area contributed by atoms with E-state index < -0.39 is 11.7 Å². The Hall–Kier alpha value is -2.48. The van der Waals surface area contributed by atoms with Crippen molar-refractivity contribution in [1.82, 2.24) is 10.6 Å². The van der Waals surface area contributed by atoms with Gasteiger partial charge in [0.1, 0.15) is 5.60 Å². The third-order valence-corrected chi connectivity index (χ3v) is 5.23. The van der Waals surface area contributed by atoms with Crippen molar-refractivity contribution in [3.63, 3.8) is 0 Å². The van der Waals surface area contributed by atoms with Gasteiger partial charge < -0.3 is 15.0 Å². The fourth-order valence-corrected chi connectivity index (χ4v) is 4.02. The molecule has 1 aromatic rings. The van der Waals surface area contributed by atoms with Gasteiger partial charge in [0.15, 0.2) is 0 Å². The molecule has 0 unspecified atom stereocenters. The molecule has 2 heterocycles. The van der Waals surface area contributed by atoms with E-state index in [-0.39, 0.29) is 17.2 Å². The number of carbonyl (C=O) groups excluding carboxylic acids is 3. The Morgan fingerprint density at radius 1 is 1.36 bits per heavy atom. The van der Waals surface area contributed by atoms with Crippen LogP contribution in [-0.4, -0.2) is 42.0 Å². The van der Waals surface area contributed by atoms with Crippen LogP contribution in [0.25, 0.3) is 6.08 Å². The van der Waals surface area contributed by atoms with Crippen LogP contribution >= 0.6 is 11.8 Å². The van der Waals surface area contributed by atoms with E-state index in [2.05, 4.69) is 15.5 Å². The van der Waals surface area contributed by atoms with Crippen molar-refractivity contribution < 1.29 is 19.1 Å². The van der Waals surface area contributed by atoms with Crippen molar-refractivity contribution in [2.75, 3.05) is 18.0 Å². The minimum absolute atomic E-state index is 0.0132. The molecule has 0 bridgehead atoms. The molecule has 0 saturated carbocycles. The highest BCUT2D eigenvalue weighted by atomic mass is 32.2. The van der Waals surface area contributed by atoms with E-state index in [0.29, 0.717) is 11.4 Å². The van der Waals surface area contributed by atoms with Crippen LogP contribution in [0.15, 0.2) is 23.1 Å². The molecule has 0 aromatic heterocycles. The van der Waals surface area contributed by atoms with Crippen LogP contribution < -0.4 is 15.5 Å². The van der Waals surface area contributed by atoms with Crippen LogP contribution in [0.4, 0.5) is 15.3 Å². The third kappa shape index (κ3) is 4.86. The van der Waals surface area contributed by atoms with E-state index in [4.69, 9.17) is 4.74 Å². The van der Waals surface area contributed by atoms with Gasteiger partial charge in [0.05, 0.1) is 10.9 Å². The van der Waals surface area contributed by atoms with Crippen molar-refractivity contribution in [2.24, 2.45) is 0 Å². The van der Waals surface area contributed by atoms with Crippen LogP contribution in [0.3, 0.4) is 0 Å². The molecule has 2 saturated heterocycles. The number of rotatable bonds is 3. The summed E-state index contributed by atoms with van der Waals surface area (Å²) in [5, 5.41) is 4.86. The van der Waals surface area contributed by atoms with Crippen LogP contribution in [-0.2, 0) is 9.53 Å². The van der Waals surface area contributed by atoms with Crippen LogP contribution in [0, 0.1) is 6.92 Å². The number of hydrogen-bond donors (Lipinski definition) is 2. The number of thioether (sulfide) groups is 1. The average molecular weight is 404 g/mol. The summed E-state index contributed by atoms with van der Waals surface area (Å²) in [5.41, 5.74) is 2.43. The molecule has 7 nitrogen and oxygen atoms in total. The molecule has 1 aromatic carbocycles. The van der Waals surface area contributed by atoms with Gasteiger partial charge in [0.2, 0.25) is 0 Å². The highest BCUT2D eigenvalue weighted by molar-refractivity contribution is 8.18. The van der Waals surface area contributed by atoms with Gasteiger partial charge in [-0.05, 0) is 63.1 Å². The molecule has 0 aliphatic carbocycles. The highest BCUT2D eigenvalue weighted by Gasteiger charge is 2.29. The molecule has 0 radical (unpaired) electrons. The van der Waals surface area contributed by atoms with Gasteiger partial charge in [-0.1, -0.05) is 18.2 Å². The summed E-state index contributed by atoms with van der Waals surface area (Å²) in [6.07, 6.45) is 2.14. The SMILES string of the molecule is Cc1cccc(/C=C2\SC(=O)NC2=O)c1N1CC[C@@H](NC(=O)OC(C)(C)C)C1. The standard InChI is InChI=1S/C20H25N3O4S/c1-12-6-5-7-13(10-15-17(24)22-19(26)28-15)16(12)23-9-8-14(11-23)21-18(25)27-20(2,3)4/h5-7,10,14H,8-9,11H2,1-4H3,(H,21,25)(H,22,24,26)/b15-10-/t14-/m1/s1. The predicted octanol–water partition coefficient (Wildman–Crippen LogP) is 3.42. The van der Waals surface area contributed by atoms with Crippen LogP contribution in [0.2, 0.25) is 0 Å². The second-order valence-corrected chi connectivity index (χ2v) is 8.96. The molecular weight excluding hydrogens is 378 g/mol. The number of carbonyl (C=O) groups is 3. The molecule has 8 heteroatoms. The normalized spacial score (nSPS) is 21.2. The number of para-hydroxylation sites is 1.